The van der Waals surface area contributed by atoms with Gasteiger partial charge in [-0.15, -0.1) is 24.0 Å². The number of benzene rings is 1. The molecule has 1 aliphatic rings. The molecule has 1 saturated heterocycles. The number of piperidine rings is 1. The summed E-state index contributed by atoms with van der Waals surface area (Å²) in [5.74, 6) is 1.67. The Morgan fingerprint density at radius 2 is 1.89 bits per heavy atom. The second-order valence-electron chi connectivity index (χ2n) is 7.86. The van der Waals surface area contributed by atoms with Gasteiger partial charge >= 0.3 is 0 Å². The van der Waals surface area contributed by atoms with Crippen molar-refractivity contribution in [3.05, 3.63) is 29.8 Å². The summed E-state index contributed by atoms with van der Waals surface area (Å²) in [7, 11) is -1.65. The number of hydrogen-bond acceptors (Lipinski definition) is 3. The molecule has 1 aliphatic heterocycles. The number of halogens is 1. The summed E-state index contributed by atoms with van der Waals surface area (Å²) < 4.78 is 27.3. The second-order valence-corrected chi connectivity index (χ2v) is 9.80. The number of aliphatic imine (C=N–C) groups is 1. The number of rotatable bonds is 6. The summed E-state index contributed by atoms with van der Waals surface area (Å²) in [6.45, 7) is 10.4. The molecule has 0 radical (unpaired) electrons. The average Bonchev–Trinajstić information content (AvgIpc) is 2.65. The normalized spacial score (nSPS) is 19.8. The van der Waals surface area contributed by atoms with Gasteiger partial charge in [0, 0.05) is 32.7 Å². The fourth-order valence-corrected chi connectivity index (χ4v) is 4.65. The van der Waals surface area contributed by atoms with E-state index < -0.39 is 10.0 Å². The minimum atomic E-state index is -3.40. The SMILES string of the molecule is CN=C(NCc1ccc(S(=O)(=O)N2CCCC(C)C2)cc1)NC(C)C(C)C.I. The van der Waals surface area contributed by atoms with Crippen LogP contribution in [0.4, 0.5) is 0 Å². The van der Waals surface area contributed by atoms with Crippen LogP contribution in [-0.2, 0) is 16.6 Å². The Hall–Kier alpha value is -0.870. The molecule has 6 nitrogen and oxygen atoms in total. The predicted molar refractivity (Wildman–Crippen MR) is 127 cm³/mol. The summed E-state index contributed by atoms with van der Waals surface area (Å²) >= 11 is 0. The van der Waals surface area contributed by atoms with E-state index in [1.54, 1.807) is 23.5 Å². The van der Waals surface area contributed by atoms with E-state index in [4.69, 9.17) is 0 Å². The topological polar surface area (TPSA) is 73.8 Å². The van der Waals surface area contributed by atoms with Crippen LogP contribution in [0.5, 0.6) is 0 Å². The lowest BCUT2D eigenvalue weighted by Crippen LogP contribution is -2.43. The van der Waals surface area contributed by atoms with Crippen molar-refractivity contribution in [2.75, 3.05) is 20.1 Å². The molecule has 1 heterocycles. The van der Waals surface area contributed by atoms with Crippen molar-refractivity contribution < 1.29 is 8.42 Å². The quantitative estimate of drug-likeness (QED) is 0.341. The predicted octanol–water partition coefficient (Wildman–Crippen LogP) is 3.43. The zero-order chi connectivity index (χ0) is 20.0. The van der Waals surface area contributed by atoms with Gasteiger partial charge in [-0.3, -0.25) is 4.99 Å². The molecule has 1 fully saturated rings. The van der Waals surface area contributed by atoms with Crippen LogP contribution in [0, 0.1) is 11.8 Å². The molecule has 1 aromatic rings. The monoisotopic (exact) mass is 522 g/mol. The number of sulfonamides is 1. The standard InChI is InChI=1S/C20H34N4O2S.HI/c1-15(2)17(4)23-20(21-5)22-13-18-8-10-19(11-9-18)27(25,26)24-12-6-7-16(3)14-24;/h8-11,15-17H,6-7,12-14H2,1-5H3,(H2,21,22,23);1H. The molecule has 0 spiro atoms. The van der Waals surface area contributed by atoms with Crippen molar-refractivity contribution in [3.8, 4) is 0 Å². The van der Waals surface area contributed by atoms with Crippen molar-refractivity contribution >= 4 is 40.0 Å². The Labute approximate surface area is 187 Å². The zero-order valence-corrected chi connectivity index (χ0v) is 20.8. The Bertz CT molecular complexity index is 735. The third-order valence-corrected chi connectivity index (χ3v) is 7.11. The van der Waals surface area contributed by atoms with E-state index in [2.05, 4.69) is 43.3 Å². The van der Waals surface area contributed by atoms with E-state index in [9.17, 15) is 8.42 Å². The van der Waals surface area contributed by atoms with Crippen LogP contribution >= 0.6 is 24.0 Å². The van der Waals surface area contributed by atoms with Gasteiger partial charge in [-0.2, -0.15) is 4.31 Å². The zero-order valence-electron chi connectivity index (χ0n) is 17.6. The minimum absolute atomic E-state index is 0. The van der Waals surface area contributed by atoms with E-state index in [0.717, 1.165) is 24.4 Å². The Kier molecular flexibility index (Phi) is 10.2. The van der Waals surface area contributed by atoms with E-state index in [0.29, 0.717) is 42.4 Å². The Morgan fingerprint density at radius 3 is 2.43 bits per heavy atom. The van der Waals surface area contributed by atoms with Crippen LogP contribution in [0.25, 0.3) is 0 Å². The molecule has 1 aromatic carbocycles. The van der Waals surface area contributed by atoms with Crippen LogP contribution in [-0.4, -0.2) is 44.9 Å². The number of nitrogens with zero attached hydrogens (tertiary/aromatic N) is 2. The molecule has 0 saturated carbocycles. The highest BCUT2D eigenvalue weighted by atomic mass is 127. The summed E-state index contributed by atoms with van der Waals surface area (Å²) in [5, 5.41) is 6.63. The van der Waals surface area contributed by atoms with Gasteiger partial charge in [0.2, 0.25) is 10.0 Å². The molecule has 160 valence electrons. The molecule has 0 bridgehead atoms. The first-order valence-electron chi connectivity index (χ1n) is 9.80. The van der Waals surface area contributed by atoms with Gasteiger partial charge in [-0.1, -0.05) is 32.9 Å². The summed E-state index contributed by atoms with van der Waals surface area (Å²) in [4.78, 5) is 4.61. The molecular weight excluding hydrogens is 487 g/mol. The largest absolute Gasteiger partial charge is 0.354 e. The third-order valence-electron chi connectivity index (χ3n) is 5.23. The minimum Gasteiger partial charge on any atom is -0.354 e. The lowest BCUT2D eigenvalue weighted by atomic mass is 10.0. The highest BCUT2D eigenvalue weighted by Crippen LogP contribution is 2.23. The fraction of sp³-hybridized carbons (Fsp3) is 0.650. The van der Waals surface area contributed by atoms with Gasteiger partial charge in [0.1, 0.15) is 0 Å². The molecular formula is C20H35IN4O2S. The summed E-state index contributed by atoms with van der Waals surface area (Å²) in [5.41, 5.74) is 1.01. The van der Waals surface area contributed by atoms with Crippen LogP contribution in [0.15, 0.2) is 34.2 Å². The lowest BCUT2D eigenvalue weighted by Gasteiger charge is -2.30. The molecule has 0 amide bonds. The summed E-state index contributed by atoms with van der Waals surface area (Å²) in [6.07, 6.45) is 2.03. The van der Waals surface area contributed by atoms with E-state index in [1.165, 1.54) is 0 Å². The average molecular weight is 522 g/mol. The Morgan fingerprint density at radius 1 is 1.25 bits per heavy atom. The second kappa shape index (κ2) is 11.3. The van der Waals surface area contributed by atoms with Crippen LogP contribution in [0.1, 0.15) is 46.1 Å². The van der Waals surface area contributed by atoms with Crippen LogP contribution in [0.3, 0.4) is 0 Å². The summed E-state index contributed by atoms with van der Waals surface area (Å²) in [6, 6.07) is 7.46. The van der Waals surface area contributed by atoms with Crippen molar-refractivity contribution in [2.24, 2.45) is 16.8 Å². The third kappa shape index (κ3) is 6.88. The van der Waals surface area contributed by atoms with Crippen molar-refractivity contribution in [3.63, 3.8) is 0 Å². The molecule has 8 heteroatoms. The van der Waals surface area contributed by atoms with E-state index >= 15 is 0 Å². The van der Waals surface area contributed by atoms with Crippen LogP contribution < -0.4 is 10.6 Å². The van der Waals surface area contributed by atoms with Crippen molar-refractivity contribution in [1.82, 2.24) is 14.9 Å². The maximum Gasteiger partial charge on any atom is 0.243 e. The first-order chi connectivity index (χ1) is 12.7. The van der Waals surface area contributed by atoms with Gasteiger partial charge in [-0.05, 0) is 49.3 Å². The van der Waals surface area contributed by atoms with E-state index in [-0.39, 0.29) is 24.0 Å². The molecule has 0 aliphatic carbocycles. The van der Waals surface area contributed by atoms with Gasteiger partial charge < -0.3 is 10.6 Å². The molecule has 2 unspecified atom stereocenters. The highest BCUT2D eigenvalue weighted by molar-refractivity contribution is 14.0. The number of hydrogen-bond donors (Lipinski definition) is 2. The number of nitrogens with one attached hydrogen (secondary N) is 2. The molecule has 2 rings (SSSR count). The highest BCUT2D eigenvalue weighted by Gasteiger charge is 2.28. The maximum absolute atomic E-state index is 12.8. The van der Waals surface area contributed by atoms with Crippen LogP contribution in [0.2, 0.25) is 0 Å². The first-order valence-corrected chi connectivity index (χ1v) is 11.2. The molecule has 2 N–H and O–H groups in total. The van der Waals surface area contributed by atoms with Gasteiger partial charge in [0.15, 0.2) is 5.96 Å². The Balaban J connectivity index is 0.00000392. The van der Waals surface area contributed by atoms with Crippen molar-refractivity contribution in [1.29, 1.82) is 0 Å². The fourth-order valence-electron chi connectivity index (χ4n) is 3.06. The van der Waals surface area contributed by atoms with Gasteiger partial charge in [0.25, 0.3) is 0 Å². The molecule has 0 aromatic heterocycles. The number of guanidine groups is 1. The molecule has 28 heavy (non-hydrogen) atoms. The van der Waals surface area contributed by atoms with Gasteiger partial charge in [-0.25, -0.2) is 8.42 Å². The smallest absolute Gasteiger partial charge is 0.243 e. The first kappa shape index (κ1) is 25.2. The lowest BCUT2D eigenvalue weighted by molar-refractivity contribution is 0.281. The molecule has 2 atom stereocenters. The maximum atomic E-state index is 12.8. The van der Waals surface area contributed by atoms with Crippen molar-refractivity contribution in [2.45, 2.75) is 58.0 Å². The van der Waals surface area contributed by atoms with E-state index in [1.807, 2.05) is 12.1 Å². The van der Waals surface area contributed by atoms with Gasteiger partial charge in [0.05, 0.1) is 4.90 Å².